The third-order valence-electron chi connectivity index (χ3n) is 3.02. The van der Waals surface area contributed by atoms with E-state index in [0.29, 0.717) is 18.1 Å². The Hall–Kier alpha value is -0.380. The Morgan fingerprint density at radius 2 is 2.38 bits per heavy atom. The van der Waals surface area contributed by atoms with Crippen LogP contribution in [0.5, 0.6) is 0 Å². The average Bonchev–Trinajstić information content (AvgIpc) is 2.73. The minimum Gasteiger partial charge on any atom is -0.367 e. The second-order valence-corrected chi connectivity index (χ2v) is 6.00. The summed E-state index contributed by atoms with van der Waals surface area (Å²) in [7, 11) is 0. The van der Waals surface area contributed by atoms with E-state index in [1.165, 1.54) is 4.88 Å². The maximum atomic E-state index is 6.20. The number of hydrogen-bond acceptors (Lipinski definition) is 3. The van der Waals surface area contributed by atoms with Gasteiger partial charge in [-0.05, 0) is 30.7 Å². The molecule has 0 saturated carbocycles. The Balaban J connectivity index is 2.01. The van der Waals surface area contributed by atoms with Crippen molar-refractivity contribution in [3.63, 3.8) is 0 Å². The Morgan fingerprint density at radius 1 is 1.56 bits per heavy atom. The molecule has 3 heteroatoms. The molecule has 2 rings (SSSR count). The number of rotatable bonds is 3. The summed E-state index contributed by atoms with van der Waals surface area (Å²) in [4.78, 5) is 1.34. The highest BCUT2D eigenvalue weighted by Gasteiger charge is 2.29. The molecule has 16 heavy (non-hydrogen) atoms. The molecule has 2 heterocycles. The van der Waals surface area contributed by atoms with Crippen LogP contribution in [-0.2, 0) is 4.74 Å². The van der Waals surface area contributed by atoms with Gasteiger partial charge in [-0.25, -0.2) is 0 Å². The maximum Gasteiger partial charge on any atom is 0.107 e. The van der Waals surface area contributed by atoms with Gasteiger partial charge < -0.3 is 10.1 Å². The van der Waals surface area contributed by atoms with Crippen molar-refractivity contribution < 1.29 is 4.74 Å². The van der Waals surface area contributed by atoms with E-state index in [2.05, 4.69) is 43.6 Å². The van der Waals surface area contributed by atoms with Crippen LogP contribution in [0.2, 0.25) is 0 Å². The van der Waals surface area contributed by atoms with E-state index in [0.717, 1.165) is 13.0 Å². The monoisotopic (exact) mass is 239 g/mol. The molecule has 2 nitrogen and oxygen atoms in total. The normalized spacial score (nSPS) is 30.9. The molecule has 1 aliphatic rings. The quantitative estimate of drug-likeness (QED) is 0.874. The van der Waals surface area contributed by atoms with Gasteiger partial charge in [0.05, 0.1) is 6.10 Å². The first-order valence-electron chi connectivity index (χ1n) is 6.09. The van der Waals surface area contributed by atoms with Crippen molar-refractivity contribution in [2.24, 2.45) is 5.92 Å². The molecule has 0 aromatic carbocycles. The fourth-order valence-corrected chi connectivity index (χ4v) is 3.09. The van der Waals surface area contributed by atoms with Crippen molar-refractivity contribution in [2.45, 2.75) is 45.4 Å². The molecular formula is C13H21NOS. The highest BCUT2D eigenvalue weighted by molar-refractivity contribution is 7.10. The van der Waals surface area contributed by atoms with Gasteiger partial charge in [-0.2, -0.15) is 0 Å². The van der Waals surface area contributed by atoms with Crippen LogP contribution in [0.1, 0.15) is 38.2 Å². The van der Waals surface area contributed by atoms with Gasteiger partial charge in [0.2, 0.25) is 0 Å². The molecule has 1 aromatic rings. The first-order valence-corrected chi connectivity index (χ1v) is 6.97. The number of thiophene rings is 1. The Labute approximate surface area is 102 Å². The smallest absolute Gasteiger partial charge is 0.107 e. The summed E-state index contributed by atoms with van der Waals surface area (Å²) in [6.07, 6.45) is 1.74. The van der Waals surface area contributed by atoms with Crippen molar-refractivity contribution in [2.75, 3.05) is 6.54 Å². The summed E-state index contributed by atoms with van der Waals surface area (Å²) in [5.74, 6) is 0.698. The van der Waals surface area contributed by atoms with Crippen LogP contribution < -0.4 is 5.32 Å². The van der Waals surface area contributed by atoms with Gasteiger partial charge in [-0.1, -0.05) is 19.9 Å². The van der Waals surface area contributed by atoms with E-state index in [9.17, 15) is 0 Å². The minimum atomic E-state index is 0.234. The van der Waals surface area contributed by atoms with E-state index in [-0.39, 0.29) is 6.10 Å². The summed E-state index contributed by atoms with van der Waals surface area (Å²) in [6, 6.07) is 4.69. The predicted molar refractivity (Wildman–Crippen MR) is 68.9 cm³/mol. The van der Waals surface area contributed by atoms with Crippen LogP contribution in [-0.4, -0.2) is 18.7 Å². The third-order valence-corrected chi connectivity index (χ3v) is 3.95. The Bertz CT molecular complexity index is 310. The fourth-order valence-electron chi connectivity index (χ4n) is 2.23. The molecule has 0 radical (unpaired) electrons. The zero-order chi connectivity index (χ0) is 11.5. The molecule has 0 aliphatic carbocycles. The summed E-state index contributed by atoms with van der Waals surface area (Å²) < 4.78 is 6.20. The molecule has 1 fully saturated rings. The standard InChI is InChI=1S/C13H21NOS/c1-9(2)7-11-8-14-10(3)13(15-11)12-5-4-6-16-12/h4-6,9-11,13-14H,7-8H2,1-3H3. The maximum absolute atomic E-state index is 6.20. The first-order chi connectivity index (χ1) is 7.66. The Kier molecular flexibility index (Phi) is 4.00. The lowest BCUT2D eigenvalue weighted by molar-refractivity contribution is -0.0670. The van der Waals surface area contributed by atoms with Gasteiger partial charge in [-0.3, -0.25) is 0 Å². The molecule has 0 amide bonds. The molecule has 0 bridgehead atoms. The largest absolute Gasteiger partial charge is 0.367 e. The molecule has 0 spiro atoms. The molecule has 1 aromatic heterocycles. The molecule has 90 valence electrons. The molecule has 1 aliphatic heterocycles. The van der Waals surface area contributed by atoms with Crippen molar-refractivity contribution in [3.8, 4) is 0 Å². The second kappa shape index (κ2) is 5.30. The van der Waals surface area contributed by atoms with E-state index in [4.69, 9.17) is 4.74 Å². The van der Waals surface area contributed by atoms with Crippen LogP contribution in [0, 0.1) is 5.92 Å². The van der Waals surface area contributed by atoms with Crippen molar-refractivity contribution in [1.29, 1.82) is 0 Å². The average molecular weight is 239 g/mol. The van der Waals surface area contributed by atoms with Gasteiger partial charge in [0.25, 0.3) is 0 Å². The molecule has 3 atom stereocenters. The van der Waals surface area contributed by atoms with Crippen LogP contribution >= 0.6 is 11.3 Å². The zero-order valence-electron chi connectivity index (χ0n) is 10.3. The van der Waals surface area contributed by atoms with Gasteiger partial charge in [0.1, 0.15) is 6.10 Å². The number of hydrogen-bond donors (Lipinski definition) is 1. The SMILES string of the molecule is CC(C)CC1CNC(C)C(c2cccs2)O1. The zero-order valence-corrected chi connectivity index (χ0v) is 11.1. The molecular weight excluding hydrogens is 218 g/mol. The molecule has 3 unspecified atom stereocenters. The van der Waals surface area contributed by atoms with E-state index in [1.54, 1.807) is 11.3 Å². The summed E-state index contributed by atoms with van der Waals surface area (Å²) in [5.41, 5.74) is 0. The van der Waals surface area contributed by atoms with Crippen LogP contribution in [0.3, 0.4) is 0 Å². The van der Waals surface area contributed by atoms with Crippen LogP contribution in [0.25, 0.3) is 0 Å². The topological polar surface area (TPSA) is 21.3 Å². The third kappa shape index (κ3) is 2.84. The number of nitrogens with one attached hydrogen (secondary N) is 1. The second-order valence-electron chi connectivity index (χ2n) is 5.02. The number of morpholine rings is 1. The van der Waals surface area contributed by atoms with Crippen LogP contribution in [0.4, 0.5) is 0 Å². The van der Waals surface area contributed by atoms with Gasteiger partial charge in [0.15, 0.2) is 0 Å². The lowest BCUT2D eigenvalue weighted by Gasteiger charge is -2.36. The van der Waals surface area contributed by atoms with E-state index in [1.807, 2.05) is 0 Å². The molecule has 1 N–H and O–H groups in total. The highest BCUT2D eigenvalue weighted by Crippen LogP contribution is 2.30. The molecule has 1 saturated heterocycles. The van der Waals surface area contributed by atoms with Gasteiger partial charge in [-0.15, -0.1) is 11.3 Å². The van der Waals surface area contributed by atoms with Crippen molar-refractivity contribution >= 4 is 11.3 Å². The Morgan fingerprint density at radius 3 is 3.00 bits per heavy atom. The van der Waals surface area contributed by atoms with Crippen LogP contribution in [0.15, 0.2) is 17.5 Å². The first kappa shape index (κ1) is 12.1. The number of ether oxygens (including phenoxy) is 1. The highest BCUT2D eigenvalue weighted by atomic mass is 32.1. The lowest BCUT2D eigenvalue weighted by atomic mass is 10.0. The minimum absolute atomic E-state index is 0.234. The van der Waals surface area contributed by atoms with Gasteiger partial charge >= 0.3 is 0 Å². The summed E-state index contributed by atoms with van der Waals surface area (Å²) in [5, 5.41) is 5.68. The predicted octanol–water partition coefficient (Wildman–Crippen LogP) is 3.21. The van der Waals surface area contributed by atoms with E-state index < -0.39 is 0 Å². The van der Waals surface area contributed by atoms with Crippen molar-refractivity contribution in [3.05, 3.63) is 22.4 Å². The van der Waals surface area contributed by atoms with Gasteiger partial charge in [0, 0.05) is 17.5 Å². The summed E-state index contributed by atoms with van der Waals surface area (Å²) in [6.45, 7) is 7.69. The van der Waals surface area contributed by atoms with Crippen molar-refractivity contribution in [1.82, 2.24) is 5.32 Å². The van der Waals surface area contributed by atoms with E-state index >= 15 is 0 Å². The lowest BCUT2D eigenvalue weighted by Crippen LogP contribution is -2.46. The fraction of sp³-hybridized carbons (Fsp3) is 0.692. The summed E-state index contributed by atoms with van der Waals surface area (Å²) >= 11 is 1.79.